The molecule has 7 nitrogen and oxygen atoms in total. The third-order valence-corrected chi connectivity index (χ3v) is 6.16. The minimum absolute atomic E-state index is 0.0154. The number of benzene rings is 1. The first-order chi connectivity index (χ1) is 15.7. The molecule has 2 aromatic heterocycles. The molecule has 0 amide bonds. The van der Waals surface area contributed by atoms with Crippen LogP contribution in [0, 0.1) is 0 Å². The summed E-state index contributed by atoms with van der Waals surface area (Å²) in [4.78, 5) is 14.4. The average molecular weight is 435 g/mol. The second-order valence-electron chi connectivity index (χ2n) is 8.65. The molecule has 6 radical (unpaired) electrons. The highest BCUT2D eigenvalue weighted by molar-refractivity contribution is 6.56. The Morgan fingerprint density at radius 1 is 1.00 bits per heavy atom. The number of rotatable bonds is 5. The third-order valence-electron chi connectivity index (χ3n) is 6.16. The zero-order chi connectivity index (χ0) is 23.6. The van der Waals surface area contributed by atoms with Gasteiger partial charge in [0.2, 0.25) is 0 Å². The molecule has 0 aliphatic heterocycles. The number of aromatic hydroxyl groups is 1. The Kier molecular flexibility index (Phi) is 6.63. The average Bonchev–Trinajstić information content (AvgIpc) is 3.07. The van der Waals surface area contributed by atoms with Crippen molar-refractivity contribution in [3.05, 3.63) is 52.9 Å². The first kappa shape index (κ1) is 23.1. The van der Waals surface area contributed by atoms with Crippen molar-refractivity contribution in [2.24, 2.45) is 0 Å². The van der Waals surface area contributed by atoms with Crippen molar-refractivity contribution in [3.63, 3.8) is 0 Å². The molecule has 1 aromatic carbocycles. The van der Waals surface area contributed by atoms with Gasteiger partial charge in [0.25, 0.3) is 5.56 Å². The third kappa shape index (κ3) is 5.15. The largest absolute Gasteiger partial charge is 0.507 e. The summed E-state index contributed by atoms with van der Waals surface area (Å²) >= 11 is 0. The van der Waals surface area contributed by atoms with Crippen molar-refractivity contribution >= 4 is 29.4 Å². The fourth-order valence-corrected chi connectivity index (χ4v) is 4.27. The first-order valence-corrected chi connectivity index (χ1v) is 11.1. The van der Waals surface area contributed by atoms with Gasteiger partial charge in [-0.1, -0.05) is 31.7 Å². The molecule has 0 saturated heterocycles. The molecular weight excluding hydrogens is 411 g/mol. The van der Waals surface area contributed by atoms with Gasteiger partial charge in [0, 0.05) is 30.3 Å². The van der Waals surface area contributed by atoms with Crippen LogP contribution in [0.3, 0.4) is 0 Å². The smallest absolute Gasteiger partial charge is 0.265 e. The van der Waals surface area contributed by atoms with Crippen molar-refractivity contribution < 1.29 is 5.11 Å². The van der Waals surface area contributed by atoms with Crippen LogP contribution in [0.4, 0.5) is 5.82 Å². The molecule has 162 valence electrons. The Balaban J connectivity index is 1.55. The van der Waals surface area contributed by atoms with Crippen molar-refractivity contribution in [2.45, 2.75) is 49.8 Å². The van der Waals surface area contributed by atoms with Crippen LogP contribution in [0.25, 0.3) is 22.4 Å². The van der Waals surface area contributed by atoms with Crippen molar-refractivity contribution in [1.82, 2.24) is 20.0 Å². The number of aromatic nitrogens is 4. The van der Waals surface area contributed by atoms with Gasteiger partial charge >= 0.3 is 0 Å². The van der Waals surface area contributed by atoms with Crippen LogP contribution in [-0.2, 0) is 5.24 Å². The Morgan fingerprint density at radius 2 is 1.73 bits per heavy atom. The van der Waals surface area contributed by atoms with E-state index in [1.807, 2.05) is 12.1 Å². The van der Waals surface area contributed by atoms with Gasteiger partial charge in [0.15, 0.2) is 5.82 Å². The highest BCUT2D eigenvalue weighted by atomic mass is 16.3. The van der Waals surface area contributed by atoms with Crippen LogP contribution in [0.5, 0.6) is 5.75 Å². The zero-order valence-corrected chi connectivity index (χ0v) is 18.7. The lowest BCUT2D eigenvalue weighted by molar-refractivity contribution is 0.477. The number of nitrogens with zero attached hydrogens (tertiary/aromatic N) is 5. The molecular formula is C23H24B3N5O2. The van der Waals surface area contributed by atoms with Crippen molar-refractivity contribution in [1.29, 1.82) is 0 Å². The number of hydrogen-bond donors (Lipinski definition) is 1. The van der Waals surface area contributed by atoms with E-state index in [-0.39, 0.29) is 5.75 Å². The van der Waals surface area contributed by atoms with Gasteiger partial charge in [-0.25, -0.2) is 0 Å². The van der Waals surface area contributed by atoms with Gasteiger partial charge in [-0.05, 0) is 47.9 Å². The molecule has 0 unspecified atom stereocenters. The summed E-state index contributed by atoms with van der Waals surface area (Å²) in [5.74, 6) is 0.839. The van der Waals surface area contributed by atoms with E-state index in [4.69, 9.17) is 23.5 Å². The molecule has 4 rings (SSSR count). The molecule has 10 heteroatoms. The summed E-state index contributed by atoms with van der Waals surface area (Å²) in [6, 6.07) is 10.6. The lowest BCUT2D eigenvalue weighted by Crippen LogP contribution is -2.44. The van der Waals surface area contributed by atoms with Gasteiger partial charge < -0.3 is 10.0 Å². The summed E-state index contributed by atoms with van der Waals surface area (Å²) in [6.07, 6.45) is 8.85. The lowest BCUT2D eigenvalue weighted by Gasteiger charge is -2.27. The Morgan fingerprint density at radius 3 is 2.30 bits per heavy atom. The van der Waals surface area contributed by atoms with E-state index >= 15 is 0 Å². The molecule has 1 saturated carbocycles. The zero-order valence-electron chi connectivity index (χ0n) is 18.7. The van der Waals surface area contributed by atoms with Crippen molar-refractivity contribution in [2.75, 3.05) is 11.9 Å². The van der Waals surface area contributed by atoms with Crippen LogP contribution >= 0.6 is 0 Å². The van der Waals surface area contributed by atoms with E-state index in [1.54, 1.807) is 18.2 Å². The molecule has 33 heavy (non-hydrogen) atoms. The molecule has 0 spiro atoms. The number of anilines is 1. The summed E-state index contributed by atoms with van der Waals surface area (Å²) < 4.78 is 0.786. The maximum Gasteiger partial charge on any atom is 0.265 e. The minimum atomic E-state index is -1.89. The van der Waals surface area contributed by atoms with Gasteiger partial charge in [0.05, 0.1) is 35.4 Å². The SMILES string of the molecule is [B]C([B])([B])n1ncc(-c2ccc(-c3ccc(N(C)C4CCCCCC4)nn3)c(O)c2)cc1=O. The highest BCUT2D eigenvalue weighted by Gasteiger charge is 2.19. The van der Waals surface area contributed by atoms with E-state index < -0.39 is 10.8 Å². The molecule has 3 aromatic rings. The fourth-order valence-electron chi connectivity index (χ4n) is 4.27. The summed E-state index contributed by atoms with van der Waals surface area (Å²) in [5.41, 5.74) is 1.64. The molecule has 1 aliphatic carbocycles. The minimum Gasteiger partial charge on any atom is -0.507 e. The maximum atomic E-state index is 12.2. The standard InChI is InChI=1S/C23H24B3N5O2/c1-30(17-6-4-2-3-5-7-17)21-11-10-19(28-29-21)18-9-8-15(12-20(18)32)16-13-22(33)31(27-14-16)23(24,25)26/h8-14,17,32H,2-7H2,1H3. The van der Waals surface area contributed by atoms with Crippen LogP contribution in [0.2, 0.25) is 0 Å². The molecule has 2 heterocycles. The van der Waals surface area contributed by atoms with E-state index in [0.29, 0.717) is 28.4 Å². The fraction of sp³-hybridized carbons (Fsp3) is 0.391. The number of phenols is 1. The summed E-state index contributed by atoms with van der Waals surface area (Å²) in [5, 5.41) is 21.4. The number of hydrogen-bond acceptors (Lipinski definition) is 6. The Labute approximate surface area is 197 Å². The van der Waals surface area contributed by atoms with E-state index in [9.17, 15) is 9.90 Å². The normalized spacial score (nSPS) is 15.2. The number of phenolic OH excluding ortho intramolecular Hbond substituents is 1. The molecule has 0 atom stereocenters. The molecule has 1 N–H and O–H groups in total. The van der Waals surface area contributed by atoms with Gasteiger partial charge in [0.1, 0.15) is 5.75 Å². The Bertz CT molecular complexity index is 1170. The van der Waals surface area contributed by atoms with Crippen LogP contribution in [0.15, 0.2) is 47.4 Å². The second-order valence-corrected chi connectivity index (χ2v) is 8.65. The summed E-state index contributed by atoms with van der Waals surface area (Å²) in [7, 11) is 18.7. The molecule has 1 fully saturated rings. The first-order valence-electron chi connectivity index (χ1n) is 11.1. The Hall–Kier alpha value is -3.03. The topological polar surface area (TPSA) is 84.1 Å². The highest BCUT2D eigenvalue weighted by Crippen LogP contribution is 2.32. The maximum absolute atomic E-state index is 12.2. The van der Waals surface area contributed by atoms with Crippen molar-refractivity contribution in [3.8, 4) is 28.1 Å². The molecule has 0 bridgehead atoms. The van der Waals surface area contributed by atoms with Gasteiger partial charge in [-0.15, -0.1) is 10.2 Å². The summed E-state index contributed by atoms with van der Waals surface area (Å²) in [6.45, 7) is 0. The van der Waals surface area contributed by atoms with Gasteiger partial charge in [-0.3, -0.25) is 9.48 Å². The predicted molar refractivity (Wildman–Crippen MR) is 132 cm³/mol. The quantitative estimate of drug-likeness (QED) is 0.490. The molecule has 1 aliphatic rings. The predicted octanol–water partition coefficient (Wildman–Crippen LogP) is 2.31. The van der Waals surface area contributed by atoms with Crippen LogP contribution in [0.1, 0.15) is 38.5 Å². The lowest BCUT2D eigenvalue weighted by atomic mass is 9.49. The monoisotopic (exact) mass is 435 g/mol. The second kappa shape index (κ2) is 9.45. The van der Waals surface area contributed by atoms with E-state index in [2.05, 4.69) is 27.2 Å². The van der Waals surface area contributed by atoms with Crippen LogP contribution in [-0.4, -0.2) is 61.7 Å². The van der Waals surface area contributed by atoms with Gasteiger partial charge in [-0.2, -0.15) is 5.10 Å². The van der Waals surface area contributed by atoms with Crippen LogP contribution < -0.4 is 10.5 Å². The van der Waals surface area contributed by atoms with E-state index in [1.165, 1.54) is 50.8 Å². The van der Waals surface area contributed by atoms with E-state index in [0.717, 1.165) is 10.5 Å².